The Balaban J connectivity index is 1.06. The number of carbonyl (C=O) groups is 1. The molecule has 8 rings (SSSR count). The van der Waals surface area contributed by atoms with Crippen LogP contribution in [0, 0.1) is 11.8 Å². The summed E-state index contributed by atoms with van der Waals surface area (Å²) in [5, 5.41) is 10.5. The monoisotopic (exact) mass is 745 g/mol. The summed E-state index contributed by atoms with van der Waals surface area (Å²) in [5.41, 5.74) is 8.01. The van der Waals surface area contributed by atoms with Crippen molar-refractivity contribution in [1.29, 1.82) is 0 Å². The fourth-order valence-corrected chi connectivity index (χ4v) is 11.0. The third-order valence-electron chi connectivity index (χ3n) is 13.9. The highest BCUT2D eigenvalue weighted by atomic mass is 16.7. The zero-order valence-corrected chi connectivity index (χ0v) is 31.9. The molecule has 0 radical (unpaired) electrons. The second-order valence-corrected chi connectivity index (χ2v) is 17.4. The minimum Gasteiger partial charge on any atom is -0.392 e. The number of hydrogen-bond donors (Lipinski definition) is 2. The maximum atomic E-state index is 14.1. The van der Waals surface area contributed by atoms with Crippen molar-refractivity contribution in [2.24, 2.45) is 17.6 Å². The number of rotatable bonds is 5. The third kappa shape index (κ3) is 7.86. The topological polar surface area (TPSA) is 146 Å². The molecule has 0 amide bonds. The van der Waals surface area contributed by atoms with E-state index in [0.29, 0.717) is 38.5 Å². The predicted octanol–water partition coefficient (Wildman–Crippen LogP) is 4.08. The first-order chi connectivity index (χ1) is 25.5. The second kappa shape index (κ2) is 15.9. The van der Waals surface area contributed by atoms with E-state index >= 15 is 0 Å². The number of Topliss-reactive ketones (excluding diaryl/α,β-unsaturated/α-hetero) is 1. The van der Waals surface area contributed by atoms with Crippen molar-refractivity contribution < 1.29 is 52.5 Å². The molecule has 0 aromatic rings. The fraction of sp³-hybridized carbons (Fsp3) is 0.878. The standard InChI is InChI=1S/C41H63NO11/c1-21-12-26-6-8-30-22(2)13-28(47-30)10-11-41-19-37(45-4)40(53-41)35-18-36(52-41)39-31(50-35)9-7-27(49-39)14-24(43)15-29-33(17-32(48-26)23(21)3)51-34(38(29)46-5)16-25(44)20-42/h21,25-40,44H,2-3,6-20,42H2,1,4-5H3/t21-,25+,26?,27-,28+,29?,30?,31+,32?,33+,34-,35?,36-,37?,38-,39+,40+,41-/m1/s1. The Hall–Kier alpha value is -1.29. The van der Waals surface area contributed by atoms with Gasteiger partial charge in [-0.15, -0.1) is 0 Å². The van der Waals surface area contributed by atoms with Crippen LogP contribution in [0.4, 0.5) is 0 Å². The lowest BCUT2D eigenvalue weighted by Crippen LogP contribution is -2.58. The highest BCUT2D eigenvalue weighted by molar-refractivity contribution is 5.79. The number of nitrogens with two attached hydrogens (primary N) is 1. The van der Waals surface area contributed by atoms with Crippen LogP contribution in [0.3, 0.4) is 0 Å². The molecular weight excluding hydrogens is 682 g/mol. The Kier molecular flexibility index (Phi) is 11.6. The Morgan fingerprint density at radius 1 is 0.811 bits per heavy atom. The Bertz CT molecular complexity index is 1350. The number of carbonyl (C=O) groups excluding carboxylic acids is 1. The summed E-state index contributed by atoms with van der Waals surface area (Å²) >= 11 is 0. The molecule has 12 heteroatoms. The second-order valence-electron chi connectivity index (χ2n) is 17.4. The number of methoxy groups -OCH3 is 2. The molecule has 0 saturated carbocycles. The number of fused-ring (bicyclic) bond motifs is 9. The van der Waals surface area contributed by atoms with E-state index in [4.69, 9.17) is 48.4 Å². The highest BCUT2D eigenvalue weighted by Gasteiger charge is 2.60. The van der Waals surface area contributed by atoms with E-state index in [1.165, 1.54) is 0 Å². The van der Waals surface area contributed by atoms with Gasteiger partial charge in [0.2, 0.25) is 0 Å². The first-order valence-electron chi connectivity index (χ1n) is 20.5. The van der Waals surface area contributed by atoms with Crippen LogP contribution in [0.25, 0.3) is 0 Å². The lowest BCUT2D eigenvalue weighted by molar-refractivity contribution is -0.277. The maximum absolute atomic E-state index is 14.1. The fourth-order valence-electron chi connectivity index (χ4n) is 11.0. The van der Waals surface area contributed by atoms with Gasteiger partial charge >= 0.3 is 0 Å². The normalized spacial score (nSPS) is 49.6. The number of ether oxygens (including phenoxy) is 9. The smallest absolute Gasteiger partial charge is 0.172 e. The van der Waals surface area contributed by atoms with Gasteiger partial charge in [-0.3, -0.25) is 4.79 Å². The first kappa shape index (κ1) is 38.6. The number of hydrogen-bond acceptors (Lipinski definition) is 12. The lowest BCUT2D eigenvalue weighted by Gasteiger charge is -2.47. The largest absolute Gasteiger partial charge is 0.392 e. The van der Waals surface area contributed by atoms with Crippen molar-refractivity contribution in [1.82, 2.24) is 0 Å². The van der Waals surface area contributed by atoms with Crippen molar-refractivity contribution in [3.63, 3.8) is 0 Å². The molecule has 8 aliphatic rings. The van der Waals surface area contributed by atoms with Crippen LogP contribution in [0.2, 0.25) is 0 Å². The Morgan fingerprint density at radius 2 is 1.60 bits per heavy atom. The average Bonchev–Trinajstić information content (AvgIpc) is 3.77. The van der Waals surface area contributed by atoms with Crippen LogP contribution in [-0.2, 0) is 47.4 Å². The van der Waals surface area contributed by atoms with Crippen LogP contribution in [0.15, 0.2) is 24.3 Å². The molecule has 6 unspecified atom stereocenters. The quantitative estimate of drug-likeness (QED) is 0.391. The summed E-state index contributed by atoms with van der Waals surface area (Å²) in [6, 6.07) is 0. The Labute approximate surface area is 314 Å². The molecule has 298 valence electrons. The van der Waals surface area contributed by atoms with Crippen LogP contribution in [0.1, 0.15) is 96.8 Å². The van der Waals surface area contributed by atoms with Gasteiger partial charge < -0.3 is 53.5 Å². The molecule has 8 saturated heterocycles. The van der Waals surface area contributed by atoms with Gasteiger partial charge in [0, 0.05) is 71.6 Å². The van der Waals surface area contributed by atoms with E-state index in [0.717, 1.165) is 56.1 Å². The van der Waals surface area contributed by atoms with Crippen molar-refractivity contribution in [3.8, 4) is 0 Å². The summed E-state index contributed by atoms with van der Waals surface area (Å²) in [4.78, 5) is 14.1. The predicted molar refractivity (Wildman–Crippen MR) is 193 cm³/mol. The number of aliphatic hydroxyl groups excluding tert-OH is 1. The maximum Gasteiger partial charge on any atom is 0.172 e. The molecule has 53 heavy (non-hydrogen) atoms. The number of ketones is 1. The molecule has 8 fully saturated rings. The van der Waals surface area contributed by atoms with E-state index in [-0.39, 0.29) is 110 Å². The zero-order chi connectivity index (χ0) is 37.0. The van der Waals surface area contributed by atoms with Gasteiger partial charge in [0.25, 0.3) is 0 Å². The first-order valence-corrected chi connectivity index (χ1v) is 20.5. The van der Waals surface area contributed by atoms with Gasteiger partial charge in [0.15, 0.2) is 5.79 Å². The average molecular weight is 746 g/mol. The molecule has 12 nitrogen and oxygen atoms in total. The van der Waals surface area contributed by atoms with Crippen molar-refractivity contribution in [2.45, 2.75) is 194 Å². The summed E-state index contributed by atoms with van der Waals surface area (Å²) in [6.45, 7) is 11.3. The molecule has 10 bridgehead atoms. The van der Waals surface area contributed by atoms with E-state index < -0.39 is 18.0 Å². The molecule has 1 spiro atoms. The molecule has 8 heterocycles. The molecule has 0 aromatic heterocycles. The molecule has 18 atom stereocenters. The Morgan fingerprint density at radius 3 is 2.40 bits per heavy atom. The lowest BCUT2D eigenvalue weighted by atomic mass is 9.81. The SMILES string of the molecule is C=C1C[C@@H]2CC[C@]34CC(OC)[C@@H](O3)C3C[C@@H](O4)[C@H]4O[C@H](CC[C@@H]4O3)CC(=O)CC3[C@H](CC4OC(CCC1O2)C[C@@H](C)C4=C)O[C@H](C[C@H](O)CN)[C@@H]3OC. The molecule has 3 N–H and O–H groups in total. The van der Waals surface area contributed by atoms with Crippen LogP contribution >= 0.6 is 0 Å². The van der Waals surface area contributed by atoms with Crippen LogP contribution < -0.4 is 5.73 Å². The summed E-state index contributed by atoms with van der Waals surface area (Å²) in [7, 11) is 3.40. The zero-order valence-electron chi connectivity index (χ0n) is 31.9. The van der Waals surface area contributed by atoms with E-state index in [9.17, 15) is 9.90 Å². The molecule has 0 aliphatic carbocycles. The van der Waals surface area contributed by atoms with Crippen molar-refractivity contribution in [3.05, 3.63) is 24.3 Å². The number of aliphatic hydroxyl groups is 1. The van der Waals surface area contributed by atoms with E-state index in [2.05, 4.69) is 20.1 Å². The van der Waals surface area contributed by atoms with Crippen LogP contribution in [0.5, 0.6) is 0 Å². The van der Waals surface area contributed by atoms with Crippen molar-refractivity contribution in [2.75, 3.05) is 20.8 Å². The molecule has 0 aromatic carbocycles. The third-order valence-corrected chi connectivity index (χ3v) is 13.9. The minimum absolute atomic E-state index is 0.0245. The van der Waals surface area contributed by atoms with Crippen molar-refractivity contribution >= 4 is 5.78 Å². The minimum atomic E-state index is -0.820. The van der Waals surface area contributed by atoms with Crippen LogP contribution in [-0.4, -0.2) is 129 Å². The summed E-state index contributed by atoms with van der Waals surface area (Å²) in [6.07, 6.45) is 5.80. The van der Waals surface area contributed by atoms with E-state index in [1.54, 1.807) is 14.2 Å². The van der Waals surface area contributed by atoms with Gasteiger partial charge in [-0.05, 0) is 62.0 Å². The van der Waals surface area contributed by atoms with Gasteiger partial charge in [-0.25, -0.2) is 0 Å². The van der Waals surface area contributed by atoms with Gasteiger partial charge in [0.1, 0.15) is 18.0 Å². The van der Waals surface area contributed by atoms with Gasteiger partial charge in [-0.2, -0.15) is 0 Å². The molecular formula is C41H63NO11. The summed E-state index contributed by atoms with van der Waals surface area (Å²) in [5.74, 6) is -0.653. The van der Waals surface area contributed by atoms with Gasteiger partial charge in [0.05, 0.1) is 79.4 Å². The van der Waals surface area contributed by atoms with E-state index in [1.807, 2.05) is 0 Å². The summed E-state index contributed by atoms with van der Waals surface area (Å²) < 4.78 is 59.5. The van der Waals surface area contributed by atoms with Gasteiger partial charge in [-0.1, -0.05) is 20.1 Å². The molecule has 8 aliphatic heterocycles. The highest BCUT2D eigenvalue weighted by Crippen LogP contribution is 2.50.